The second-order valence-corrected chi connectivity index (χ2v) is 6.07. The topological polar surface area (TPSA) is 147 Å². The van der Waals surface area contributed by atoms with Crippen molar-refractivity contribution in [1.82, 2.24) is 20.3 Å². The third kappa shape index (κ3) is 4.70. The molecule has 0 aliphatic carbocycles. The number of amides is 2. The number of pyridine rings is 3. The summed E-state index contributed by atoms with van der Waals surface area (Å²) in [5.41, 5.74) is 8.61. The zero-order valence-electron chi connectivity index (χ0n) is 15.5. The molecule has 9 heteroatoms. The molecule has 3 heterocycles. The molecule has 0 radical (unpaired) electrons. The summed E-state index contributed by atoms with van der Waals surface area (Å²) in [6.07, 6.45) is 7.04. The van der Waals surface area contributed by atoms with Crippen LogP contribution in [0, 0.1) is 18.3 Å². The molecule has 144 valence electrons. The second kappa shape index (κ2) is 8.58. The Morgan fingerprint density at radius 2 is 2.03 bits per heavy atom. The molecule has 0 aromatic carbocycles. The molecule has 0 aliphatic rings. The van der Waals surface area contributed by atoms with Crippen molar-refractivity contribution in [2.75, 3.05) is 17.6 Å². The van der Waals surface area contributed by atoms with Gasteiger partial charge in [-0.2, -0.15) is 5.26 Å². The Morgan fingerprint density at radius 3 is 2.79 bits per heavy atom. The zero-order valence-corrected chi connectivity index (χ0v) is 15.5. The van der Waals surface area contributed by atoms with E-state index in [1.54, 1.807) is 24.5 Å². The number of carbonyl (C=O) groups is 2. The first-order valence-electron chi connectivity index (χ1n) is 8.59. The maximum absolute atomic E-state index is 12.0. The highest BCUT2D eigenvalue weighted by atomic mass is 16.2. The Labute approximate surface area is 166 Å². The van der Waals surface area contributed by atoms with Gasteiger partial charge in [-0.1, -0.05) is 0 Å². The molecule has 0 saturated carbocycles. The minimum absolute atomic E-state index is 0.134. The molecule has 0 aliphatic heterocycles. The van der Waals surface area contributed by atoms with Gasteiger partial charge < -0.3 is 16.4 Å². The summed E-state index contributed by atoms with van der Waals surface area (Å²) in [5.74, 6) is -0.456. The molecule has 9 nitrogen and oxygen atoms in total. The highest BCUT2D eigenvalue weighted by molar-refractivity contribution is 6.04. The van der Waals surface area contributed by atoms with Gasteiger partial charge in [0.2, 0.25) is 11.8 Å². The third-order valence-corrected chi connectivity index (χ3v) is 4.04. The lowest BCUT2D eigenvalue weighted by Gasteiger charge is -2.09. The summed E-state index contributed by atoms with van der Waals surface area (Å²) in [5, 5.41) is 14.7. The maximum atomic E-state index is 12.0. The molecule has 0 saturated heterocycles. The van der Waals surface area contributed by atoms with Crippen molar-refractivity contribution in [1.29, 1.82) is 5.26 Å². The molecule has 0 unspecified atom stereocenters. The van der Waals surface area contributed by atoms with Gasteiger partial charge in [0.05, 0.1) is 11.8 Å². The SMILES string of the molecule is Cc1ccncc1-c1cc2cc(NC(=O)/C=C/C(=O)NCC#N)ncc2c(N)n1. The Morgan fingerprint density at radius 1 is 1.24 bits per heavy atom. The molecular weight excluding hydrogens is 370 g/mol. The average Bonchev–Trinajstić information content (AvgIpc) is 2.70. The van der Waals surface area contributed by atoms with E-state index < -0.39 is 11.8 Å². The summed E-state index contributed by atoms with van der Waals surface area (Å²) >= 11 is 0. The summed E-state index contributed by atoms with van der Waals surface area (Å²) in [6, 6.07) is 7.17. The van der Waals surface area contributed by atoms with Crippen LogP contribution in [0.3, 0.4) is 0 Å². The highest BCUT2D eigenvalue weighted by Gasteiger charge is 2.10. The Kier molecular flexibility index (Phi) is 5.75. The van der Waals surface area contributed by atoms with E-state index in [-0.39, 0.29) is 6.54 Å². The number of rotatable bonds is 5. The number of nitrogens with two attached hydrogens (primary N) is 1. The van der Waals surface area contributed by atoms with E-state index in [4.69, 9.17) is 11.0 Å². The number of carbonyl (C=O) groups excluding carboxylic acids is 2. The predicted molar refractivity (Wildman–Crippen MR) is 108 cm³/mol. The van der Waals surface area contributed by atoms with Crippen LogP contribution in [-0.4, -0.2) is 33.3 Å². The van der Waals surface area contributed by atoms with Gasteiger partial charge in [0.1, 0.15) is 18.2 Å². The first kappa shape index (κ1) is 19.4. The Hall–Kier alpha value is -4.32. The summed E-state index contributed by atoms with van der Waals surface area (Å²) in [6.45, 7) is 1.82. The molecule has 0 fully saturated rings. The lowest BCUT2D eigenvalue weighted by Crippen LogP contribution is -2.21. The average molecular weight is 387 g/mol. The van der Waals surface area contributed by atoms with Crippen molar-refractivity contribution in [3.8, 4) is 17.3 Å². The van der Waals surface area contributed by atoms with E-state index >= 15 is 0 Å². The summed E-state index contributed by atoms with van der Waals surface area (Å²) in [4.78, 5) is 36.1. The highest BCUT2D eigenvalue weighted by Crippen LogP contribution is 2.28. The number of anilines is 2. The predicted octanol–water partition coefficient (Wildman–Crippen LogP) is 1.72. The van der Waals surface area contributed by atoms with E-state index in [1.807, 2.05) is 19.1 Å². The van der Waals surface area contributed by atoms with Gasteiger partial charge in [-0.3, -0.25) is 14.6 Å². The van der Waals surface area contributed by atoms with Crippen molar-refractivity contribution in [2.24, 2.45) is 0 Å². The van der Waals surface area contributed by atoms with Crippen LogP contribution in [0.15, 0.2) is 48.9 Å². The van der Waals surface area contributed by atoms with E-state index in [2.05, 4.69) is 25.6 Å². The van der Waals surface area contributed by atoms with Crippen LogP contribution in [0.25, 0.3) is 22.0 Å². The molecule has 3 aromatic heterocycles. The van der Waals surface area contributed by atoms with Gasteiger partial charge in [-0.05, 0) is 36.1 Å². The number of nitriles is 1. The van der Waals surface area contributed by atoms with Gasteiger partial charge >= 0.3 is 0 Å². The second-order valence-electron chi connectivity index (χ2n) is 6.07. The van der Waals surface area contributed by atoms with Crippen molar-refractivity contribution in [3.63, 3.8) is 0 Å². The van der Waals surface area contributed by atoms with Crippen LogP contribution in [0.1, 0.15) is 5.56 Å². The molecule has 0 spiro atoms. The Bertz CT molecular complexity index is 1170. The lowest BCUT2D eigenvalue weighted by molar-refractivity contribution is -0.117. The number of nitrogens with one attached hydrogen (secondary N) is 2. The molecule has 4 N–H and O–H groups in total. The first-order chi connectivity index (χ1) is 14.0. The quantitative estimate of drug-likeness (QED) is 0.446. The van der Waals surface area contributed by atoms with E-state index in [0.29, 0.717) is 22.7 Å². The van der Waals surface area contributed by atoms with Crippen LogP contribution in [-0.2, 0) is 9.59 Å². The number of hydrogen-bond donors (Lipinski definition) is 3. The number of hydrogen-bond acceptors (Lipinski definition) is 7. The molecule has 0 atom stereocenters. The van der Waals surface area contributed by atoms with Crippen molar-refractivity contribution in [2.45, 2.75) is 6.92 Å². The Balaban J connectivity index is 1.85. The van der Waals surface area contributed by atoms with Gasteiger partial charge in [0, 0.05) is 41.7 Å². The monoisotopic (exact) mass is 387 g/mol. The smallest absolute Gasteiger partial charge is 0.249 e. The minimum Gasteiger partial charge on any atom is -0.383 e. The summed E-state index contributed by atoms with van der Waals surface area (Å²) in [7, 11) is 0. The number of nitrogens with zero attached hydrogens (tertiary/aromatic N) is 4. The van der Waals surface area contributed by atoms with E-state index in [0.717, 1.165) is 28.7 Å². The van der Waals surface area contributed by atoms with Gasteiger partial charge in [0.25, 0.3) is 0 Å². The van der Waals surface area contributed by atoms with E-state index in [1.165, 1.54) is 6.20 Å². The van der Waals surface area contributed by atoms with Crippen LogP contribution >= 0.6 is 0 Å². The standard InChI is InChI=1S/C20H17N7O2/c1-12-4-6-23-10-14(12)16-8-13-9-17(25-11-15(13)20(22)26-16)27-19(29)3-2-18(28)24-7-5-21/h2-4,6,8-11H,7H2,1H3,(H2,22,26)(H,24,28)(H,25,27,29)/b3-2+. The number of fused-ring (bicyclic) bond motifs is 1. The normalized spacial score (nSPS) is 10.6. The number of nitrogen functional groups attached to an aromatic ring is 1. The van der Waals surface area contributed by atoms with Crippen molar-refractivity contribution >= 4 is 34.2 Å². The summed E-state index contributed by atoms with van der Waals surface area (Å²) < 4.78 is 0. The fourth-order valence-corrected chi connectivity index (χ4v) is 2.62. The third-order valence-electron chi connectivity index (χ3n) is 4.04. The number of aromatic nitrogens is 3. The molecule has 0 bridgehead atoms. The van der Waals surface area contributed by atoms with Gasteiger partial charge in [0.15, 0.2) is 0 Å². The maximum Gasteiger partial charge on any atom is 0.249 e. The molecular formula is C20H17N7O2. The first-order valence-corrected chi connectivity index (χ1v) is 8.59. The molecule has 29 heavy (non-hydrogen) atoms. The van der Waals surface area contributed by atoms with Gasteiger partial charge in [-0.15, -0.1) is 0 Å². The van der Waals surface area contributed by atoms with Crippen LogP contribution < -0.4 is 16.4 Å². The van der Waals surface area contributed by atoms with Crippen LogP contribution in [0.5, 0.6) is 0 Å². The molecule has 2 amide bonds. The zero-order chi connectivity index (χ0) is 20.8. The minimum atomic E-state index is -0.538. The lowest BCUT2D eigenvalue weighted by atomic mass is 10.1. The largest absolute Gasteiger partial charge is 0.383 e. The van der Waals surface area contributed by atoms with Gasteiger partial charge in [-0.25, -0.2) is 9.97 Å². The van der Waals surface area contributed by atoms with Crippen LogP contribution in [0.4, 0.5) is 11.6 Å². The number of aryl methyl sites for hydroxylation is 1. The molecule has 3 aromatic rings. The van der Waals surface area contributed by atoms with Crippen LogP contribution in [0.2, 0.25) is 0 Å². The van der Waals surface area contributed by atoms with Crippen molar-refractivity contribution < 1.29 is 9.59 Å². The fraction of sp³-hybridized carbons (Fsp3) is 0.100. The van der Waals surface area contributed by atoms with Crippen molar-refractivity contribution in [3.05, 3.63) is 54.5 Å². The fourth-order valence-electron chi connectivity index (χ4n) is 2.62. The van der Waals surface area contributed by atoms with E-state index in [9.17, 15) is 9.59 Å². The molecule has 3 rings (SSSR count).